The van der Waals surface area contributed by atoms with Crippen molar-refractivity contribution >= 4 is 62.2 Å². The lowest BCUT2D eigenvalue weighted by Crippen LogP contribution is -2.51. The molecule has 2 aromatic carbocycles. The van der Waals surface area contributed by atoms with Crippen molar-refractivity contribution in [2.45, 2.75) is 70.0 Å². The number of hydrogen-bond acceptors (Lipinski definition) is 13. The number of aromatic nitrogens is 4. The Hall–Kier alpha value is -5.92. The highest BCUT2D eigenvalue weighted by molar-refractivity contribution is 7.89. The van der Waals surface area contributed by atoms with E-state index in [4.69, 9.17) is 15.1 Å². The molecule has 3 aliphatic heterocycles. The number of hydrogen-bond donors (Lipinski definition) is 3. The van der Waals surface area contributed by atoms with Gasteiger partial charge in [-0.15, -0.1) is 11.3 Å². The predicted molar refractivity (Wildman–Crippen MR) is 242 cm³/mol. The Kier molecular flexibility index (Phi) is 12.5. The number of carbonyl (C=O) groups excluding carboxylic acids is 3. The van der Waals surface area contributed by atoms with Crippen molar-refractivity contribution in [3.63, 3.8) is 0 Å². The van der Waals surface area contributed by atoms with Crippen molar-refractivity contribution in [1.82, 2.24) is 30.2 Å². The summed E-state index contributed by atoms with van der Waals surface area (Å²) in [5, 5.41) is 10.4. The molecule has 19 heteroatoms. The average molecular weight is 913 g/mol. The van der Waals surface area contributed by atoms with Gasteiger partial charge in [0.05, 0.1) is 38.8 Å². The molecule has 3 aliphatic rings. The fourth-order valence-corrected chi connectivity index (χ4v) is 10.6. The number of halogens is 2. The quantitative estimate of drug-likeness (QED) is 0.123. The van der Waals surface area contributed by atoms with Crippen molar-refractivity contribution in [1.29, 1.82) is 0 Å². The zero-order valence-electron chi connectivity index (χ0n) is 36.0. The maximum Gasteiger partial charge on any atom is 0.234 e. The molecule has 1 unspecified atom stereocenters. The number of rotatable bonds is 11. The second kappa shape index (κ2) is 17.9. The average Bonchev–Trinajstić information content (AvgIpc) is 3.94. The van der Waals surface area contributed by atoms with E-state index in [0.717, 1.165) is 11.4 Å². The summed E-state index contributed by atoms with van der Waals surface area (Å²) >= 11 is 1.35. The summed E-state index contributed by atoms with van der Waals surface area (Å²) in [5.74, 6) is -1.37. The van der Waals surface area contributed by atoms with Gasteiger partial charge in [0, 0.05) is 80.3 Å². The number of imide groups is 1. The number of thiazole rings is 1. The number of nitrogens with two attached hydrogens (primary N) is 1. The van der Waals surface area contributed by atoms with E-state index in [9.17, 15) is 22.8 Å². The number of primary sulfonamides is 1. The molecule has 0 bridgehead atoms. The first-order chi connectivity index (χ1) is 30.5. The number of sulfonamides is 1. The van der Waals surface area contributed by atoms with Crippen molar-refractivity contribution in [2.24, 2.45) is 11.1 Å². The van der Waals surface area contributed by atoms with Gasteiger partial charge in [0.15, 0.2) is 0 Å². The van der Waals surface area contributed by atoms with Crippen molar-refractivity contribution < 1.29 is 31.6 Å². The third-order valence-corrected chi connectivity index (χ3v) is 14.8. The largest absolute Gasteiger partial charge is 0.366 e. The van der Waals surface area contributed by atoms with Crippen LogP contribution in [0.2, 0.25) is 0 Å². The molecule has 3 fully saturated rings. The van der Waals surface area contributed by atoms with Gasteiger partial charge in [-0.05, 0) is 61.2 Å². The van der Waals surface area contributed by atoms with E-state index < -0.39 is 38.2 Å². The molecule has 4 N–H and O–H groups in total. The lowest BCUT2D eigenvalue weighted by atomic mass is 9.92. The normalized spacial score (nSPS) is 18.9. The van der Waals surface area contributed by atoms with Gasteiger partial charge in [0.25, 0.3) is 0 Å². The molecule has 0 spiro atoms. The molecule has 3 saturated heterocycles. The molecule has 0 aliphatic carbocycles. The smallest absolute Gasteiger partial charge is 0.234 e. The zero-order chi connectivity index (χ0) is 45.5. The molecule has 3 aromatic heterocycles. The third kappa shape index (κ3) is 9.32. The van der Waals surface area contributed by atoms with E-state index in [1.165, 1.54) is 23.5 Å². The number of piperazine rings is 1. The van der Waals surface area contributed by atoms with Gasteiger partial charge in [0.2, 0.25) is 33.7 Å². The van der Waals surface area contributed by atoms with Crippen molar-refractivity contribution in [3.05, 3.63) is 94.8 Å². The van der Waals surface area contributed by atoms with Crippen molar-refractivity contribution in [3.8, 4) is 21.8 Å². The number of anilines is 4. The molecule has 5 aromatic rings. The minimum atomic E-state index is -4.09. The summed E-state index contributed by atoms with van der Waals surface area (Å²) in [5.41, 5.74) is 2.00. The maximum atomic E-state index is 16.3. The van der Waals surface area contributed by atoms with Crippen LogP contribution in [0, 0.1) is 17.6 Å². The molecular formula is C45H50F2N10O5S2. The van der Waals surface area contributed by atoms with Gasteiger partial charge in [-0.2, -0.15) is 0 Å². The van der Waals surface area contributed by atoms with Crippen LogP contribution < -0.4 is 25.6 Å². The number of carbonyl (C=O) groups is 3. The summed E-state index contributed by atoms with van der Waals surface area (Å²) in [6.07, 6.45) is 4.74. The Morgan fingerprint density at radius 1 is 0.984 bits per heavy atom. The second-order valence-corrected chi connectivity index (χ2v) is 20.1. The molecule has 8 rings (SSSR count). The predicted octanol–water partition coefficient (Wildman–Crippen LogP) is 6.42. The van der Waals surface area contributed by atoms with Crippen LogP contribution in [-0.2, 0) is 29.8 Å². The number of piperidine rings is 1. The van der Waals surface area contributed by atoms with Crippen LogP contribution in [0.1, 0.15) is 80.7 Å². The lowest BCUT2D eigenvalue weighted by Gasteiger charge is -2.37. The summed E-state index contributed by atoms with van der Waals surface area (Å²) in [6.45, 7) is 10.6. The Balaban J connectivity index is 0.909. The van der Waals surface area contributed by atoms with Gasteiger partial charge in [-0.3, -0.25) is 19.7 Å². The van der Waals surface area contributed by atoms with Crippen LogP contribution in [0.4, 0.5) is 31.9 Å². The number of nitrogens with zero attached hydrogens (tertiary/aromatic N) is 7. The fraction of sp³-hybridized carbons (Fsp3) is 0.400. The lowest BCUT2D eigenvalue weighted by molar-refractivity contribution is -0.135. The first-order valence-corrected chi connectivity index (χ1v) is 23.7. The van der Waals surface area contributed by atoms with Gasteiger partial charge in [-0.1, -0.05) is 45.9 Å². The monoisotopic (exact) mass is 912 g/mol. The Morgan fingerprint density at radius 3 is 2.44 bits per heavy atom. The van der Waals surface area contributed by atoms with Crippen molar-refractivity contribution in [2.75, 3.05) is 54.4 Å². The topological polar surface area (TPSA) is 197 Å². The van der Waals surface area contributed by atoms with E-state index in [1.54, 1.807) is 49.6 Å². The molecule has 0 saturated carbocycles. The zero-order valence-corrected chi connectivity index (χ0v) is 37.6. The summed E-state index contributed by atoms with van der Waals surface area (Å²) in [4.78, 5) is 62.4. The van der Waals surface area contributed by atoms with E-state index in [2.05, 4.69) is 25.5 Å². The van der Waals surface area contributed by atoms with Crippen LogP contribution in [0.15, 0.2) is 67.0 Å². The van der Waals surface area contributed by atoms with Gasteiger partial charge < -0.3 is 20.0 Å². The van der Waals surface area contributed by atoms with Gasteiger partial charge in [-0.25, -0.2) is 42.3 Å². The first-order valence-electron chi connectivity index (χ1n) is 21.3. The molecule has 3 atom stereocenters. The number of pyridine rings is 1. The standard InChI is InChI=1S/C45H50F2N10O5S2/c1-5-35(64(48,61)62)30-7-6-8-31(38(30)47)39-40(63-43(54-39)45(2,3)4)33-15-17-49-44(52-33)51-28-10-12-34(32(46)23-28)55-19-21-56(22-20-55)42(60)27-16-18-57(25-27)36-13-9-26(24-50-36)29-11-14-37(58)53-41(29)59/h6-10,12-13,15,17,23-24,27,29,35H,5,11,14,16,18-22,25H2,1-4H3,(H2,48,61,62)(H,49,51,52)(H,53,58,59)/t27-,29-,35?/m1/s1. The van der Waals surface area contributed by atoms with Crippen LogP contribution in [0.5, 0.6) is 0 Å². The Morgan fingerprint density at radius 2 is 1.77 bits per heavy atom. The summed E-state index contributed by atoms with van der Waals surface area (Å²) in [7, 11) is -4.09. The van der Waals surface area contributed by atoms with Crippen LogP contribution in [0.25, 0.3) is 21.8 Å². The molecule has 336 valence electrons. The Bertz CT molecular complexity index is 2700. The van der Waals surface area contributed by atoms with Gasteiger partial charge in [0.1, 0.15) is 22.7 Å². The molecular weight excluding hydrogens is 863 g/mol. The first kappa shape index (κ1) is 44.7. The van der Waals surface area contributed by atoms with E-state index in [1.807, 2.05) is 42.7 Å². The highest BCUT2D eigenvalue weighted by Gasteiger charge is 2.35. The highest BCUT2D eigenvalue weighted by atomic mass is 32.2. The number of benzene rings is 2. The highest BCUT2D eigenvalue weighted by Crippen LogP contribution is 2.43. The number of nitrogens with one attached hydrogen (secondary N) is 2. The molecule has 6 heterocycles. The van der Waals surface area contributed by atoms with Crippen LogP contribution >= 0.6 is 11.3 Å². The fourth-order valence-electron chi connectivity index (χ4n) is 8.52. The minimum absolute atomic E-state index is 0.0334. The maximum absolute atomic E-state index is 16.3. The second-order valence-electron chi connectivity index (χ2n) is 17.4. The van der Waals surface area contributed by atoms with Crippen LogP contribution in [0.3, 0.4) is 0 Å². The third-order valence-electron chi connectivity index (χ3n) is 12.0. The molecule has 15 nitrogen and oxygen atoms in total. The van der Waals surface area contributed by atoms with Gasteiger partial charge >= 0.3 is 0 Å². The van der Waals surface area contributed by atoms with E-state index in [-0.39, 0.29) is 47.1 Å². The minimum Gasteiger partial charge on any atom is -0.366 e. The van der Waals surface area contributed by atoms with Crippen LogP contribution in [-0.4, -0.2) is 90.2 Å². The number of amides is 3. The Labute approximate surface area is 374 Å². The molecule has 0 radical (unpaired) electrons. The van der Waals surface area contributed by atoms with E-state index in [0.29, 0.717) is 91.2 Å². The molecule has 64 heavy (non-hydrogen) atoms. The summed E-state index contributed by atoms with van der Waals surface area (Å²) < 4.78 is 56.8. The summed E-state index contributed by atoms with van der Waals surface area (Å²) in [6, 6.07) is 14.8. The molecule has 3 amide bonds. The SMILES string of the molecule is CCC(c1cccc(-c2nc(C(C)(C)C)sc2-c2ccnc(Nc3ccc(N4CCN(C(=O)[C@@H]5CCN(c6ccc([C@H]7CCC(=O)NC7=O)cn6)C5)CC4)c(F)c3)n2)c1F)S(N)(=O)=O. The van der Waals surface area contributed by atoms with E-state index >= 15 is 8.78 Å².